The first kappa shape index (κ1) is 14.6. The van der Waals surface area contributed by atoms with Gasteiger partial charge in [0.25, 0.3) is 0 Å². The maximum Gasteiger partial charge on any atom is 0.314 e. The van der Waals surface area contributed by atoms with Gasteiger partial charge in [0, 0.05) is 23.7 Å². The molecule has 0 saturated carbocycles. The molecule has 0 aliphatic rings. The van der Waals surface area contributed by atoms with Crippen LogP contribution in [0.1, 0.15) is 29.2 Å². The van der Waals surface area contributed by atoms with E-state index in [4.69, 9.17) is 0 Å². The van der Waals surface area contributed by atoms with Crippen molar-refractivity contribution in [3.8, 4) is 0 Å². The molecule has 20 heavy (non-hydrogen) atoms. The van der Waals surface area contributed by atoms with Gasteiger partial charge in [-0.25, -0.2) is 4.79 Å². The molecule has 2 rings (SSSR count). The van der Waals surface area contributed by atoms with E-state index < -0.39 is 0 Å². The highest BCUT2D eigenvalue weighted by atomic mass is 32.1. The van der Waals surface area contributed by atoms with E-state index in [0.29, 0.717) is 13.1 Å². The third-order valence-corrected chi connectivity index (χ3v) is 3.98. The maximum absolute atomic E-state index is 11.6. The molecule has 0 aliphatic carbocycles. The van der Waals surface area contributed by atoms with Gasteiger partial charge in [-0.3, -0.25) is 4.68 Å². The van der Waals surface area contributed by atoms with E-state index in [-0.39, 0.29) is 12.1 Å². The van der Waals surface area contributed by atoms with Crippen molar-refractivity contribution in [1.82, 2.24) is 20.4 Å². The second-order valence-electron chi connectivity index (χ2n) is 4.64. The molecule has 0 saturated heterocycles. The van der Waals surface area contributed by atoms with E-state index in [1.165, 1.54) is 4.88 Å². The van der Waals surface area contributed by atoms with Crippen LogP contribution < -0.4 is 10.6 Å². The summed E-state index contributed by atoms with van der Waals surface area (Å²) in [6, 6.07) is 6.03. The molecule has 2 amide bonds. The number of hydrogen-bond donors (Lipinski definition) is 2. The summed E-state index contributed by atoms with van der Waals surface area (Å²) in [6.45, 7) is 7.06. The lowest BCUT2D eigenvalue weighted by molar-refractivity contribution is 0.240. The normalized spacial score (nSPS) is 12.2. The highest BCUT2D eigenvalue weighted by molar-refractivity contribution is 7.10. The van der Waals surface area contributed by atoms with Crippen LogP contribution in [0, 0.1) is 13.8 Å². The predicted octanol–water partition coefficient (Wildman–Crippen LogP) is 2.47. The first-order valence-electron chi connectivity index (χ1n) is 6.69. The van der Waals surface area contributed by atoms with Crippen molar-refractivity contribution in [3.05, 3.63) is 39.8 Å². The molecule has 1 atom stereocenters. The number of nitrogens with one attached hydrogen (secondary N) is 2. The summed E-state index contributed by atoms with van der Waals surface area (Å²) in [6.07, 6.45) is 0. The number of thiophene rings is 1. The summed E-state index contributed by atoms with van der Waals surface area (Å²) in [4.78, 5) is 12.8. The third kappa shape index (κ3) is 3.39. The molecule has 0 aromatic carbocycles. The van der Waals surface area contributed by atoms with Gasteiger partial charge in [0.15, 0.2) is 0 Å². The highest BCUT2D eigenvalue weighted by Crippen LogP contribution is 2.23. The molecule has 0 aliphatic heterocycles. The molecule has 2 aromatic rings. The van der Waals surface area contributed by atoms with E-state index in [2.05, 4.69) is 21.8 Å². The predicted molar refractivity (Wildman–Crippen MR) is 81.2 cm³/mol. The van der Waals surface area contributed by atoms with Crippen LogP contribution in [-0.2, 0) is 0 Å². The van der Waals surface area contributed by atoms with Crippen molar-refractivity contribution in [2.45, 2.75) is 26.8 Å². The summed E-state index contributed by atoms with van der Waals surface area (Å²) < 4.78 is 1.98. The van der Waals surface area contributed by atoms with Crippen molar-refractivity contribution in [1.29, 1.82) is 0 Å². The highest BCUT2D eigenvalue weighted by Gasteiger charge is 2.18. The molecule has 2 aromatic heterocycles. The Morgan fingerprint density at radius 2 is 2.25 bits per heavy atom. The minimum atomic E-state index is -0.143. The fourth-order valence-corrected chi connectivity index (χ4v) is 2.97. The van der Waals surface area contributed by atoms with E-state index in [1.54, 1.807) is 11.3 Å². The summed E-state index contributed by atoms with van der Waals surface area (Å²) in [7, 11) is 0. The third-order valence-electron chi connectivity index (χ3n) is 3.00. The van der Waals surface area contributed by atoms with Crippen LogP contribution >= 0.6 is 11.3 Å². The molecule has 5 nitrogen and oxygen atoms in total. The quantitative estimate of drug-likeness (QED) is 0.889. The zero-order valence-electron chi connectivity index (χ0n) is 12.0. The van der Waals surface area contributed by atoms with Crippen LogP contribution in [0.25, 0.3) is 0 Å². The summed E-state index contributed by atoms with van der Waals surface area (Å²) >= 11 is 1.68. The Bertz CT molecular complexity index is 562. The van der Waals surface area contributed by atoms with Gasteiger partial charge in [-0.05, 0) is 38.3 Å². The molecule has 2 heterocycles. The molecule has 2 N–H and O–H groups in total. The van der Waals surface area contributed by atoms with Crippen molar-refractivity contribution < 1.29 is 4.79 Å². The SMILES string of the molecule is CCNC(=O)NCC(c1cccs1)n1nc(C)cc1C. The number of hydrogen-bond acceptors (Lipinski definition) is 3. The van der Waals surface area contributed by atoms with Crippen molar-refractivity contribution in [3.63, 3.8) is 0 Å². The number of nitrogens with zero attached hydrogens (tertiary/aromatic N) is 2. The first-order chi connectivity index (χ1) is 9.61. The van der Waals surface area contributed by atoms with Gasteiger partial charge in [0.05, 0.1) is 5.69 Å². The van der Waals surface area contributed by atoms with Crippen LogP contribution in [0.5, 0.6) is 0 Å². The lowest BCUT2D eigenvalue weighted by Crippen LogP contribution is -2.39. The van der Waals surface area contributed by atoms with Gasteiger partial charge in [-0.2, -0.15) is 5.10 Å². The zero-order valence-corrected chi connectivity index (χ0v) is 12.8. The minimum absolute atomic E-state index is 0.0336. The van der Waals surface area contributed by atoms with E-state index in [9.17, 15) is 4.79 Å². The Morgan fingerprint density at radius 3 is 2.80 bits per heavy atom. The molecular formula is C14H20N4OS. The van der Waals surface area contributed by atoms with E-state index >= 15 is 0 Å². The standard InChI is InChI=1S/C14H20N4OS/c1-4-15-14(19)16-9-12(13-6-5-7-20-13)18-11(3)8-10(2)17-18/h5-8,12H,4,9H2,1-3H3,(H2,15,16,19). The lowest BCUT2D eigenvalue weighted by atomic mass is 10.2. The Morgan fingerprint density at radius 1 is 1.45 bits per heavy atom. The average Bonchev–Trinajstić information content (AvgIpc) is 3.01. The molecule has 108 valence electrons. The largest absolute Gasteiger partial charge is 0.338 e. The van der Waals surface area contributed by atoms with Crippen LogP contribution in [0.2, 0.25) is 0 Å². The van der Waals surface area contributed by atoms with Crippen LogP contribution in [-0.4, -0.2) is 28.9 Å². The second-order valence-corrected chi connectivity index (χ2v) is 5.62. The topological polar surface area (TPSA) is 59.0 Å². The van der Waals surface area contributed by atoms with E-state index in [0.717, 1.165) is 11.4 Å². The van der Waals surface area contributed by atoms with Crippen LogP contribution in [0.3, 0.4) is 0 Å². The fraction of sp³-hybridized carbons (Fsp3) is 0.429. The molecule has 6 heteroatoms. The summed E-state index contributed by atoms with van der Waals surface area (Å²) in [5.74, 6) is 0. The van der Waals surface area contributed by atoms with Gasteiger partial charge in [-0.1, -0.05) is 6.07 Å². The molecule has 0 spiro atoms. The number of amides is 2. The van der Waals surface area contributed by atoms with Crippen molar-refractivity contribution in [2.75, 3.05) is 13.1 Å². The zero-order chi connectivity index (χ0) is 14.5. The number of rotatable bonds is 5. The van der Waals surface area contributed by atoms with Gasteiger partial charge in [0.1, 0.15) is 6.04 Å². The molecule has 0 bridgehead atoms. The summed E-state index contributed by atoms with van der Waals surface area (Å²) in [5.41, 5.74) is 2.08. The smallest absolute Gasteiger partial charge is 0.314 e. The minimum Gasteiger partial charge on any atom is -0.338 e. The van der Waals surface area contributed by atoms with Crippen LogP contribution in [0.4, 0.5) is 4.79 Å². The Kier molecular flexibility index (Phi) is 4.79. The second kappa shape index (κ2) is 6.56. The average molecular weight is 292 g/mol. The van der Waals surface area contributed by atoms with Gasteiger partial charge < -0.3 is 10.6 Å². The van der Waals surface area contributed by atoms with E-state index in [1.807, 2.05) is 43.0 Å². The fourth-order valence-electron chi connectivity index (χ4n) is 2.16. The number of aromatic nitrogens is 2. The van der Waals surface area contributed by atoms with Crippen molar-refractivity contribution >= 4 is 17.4 Å². The monoisotopic (exact) mass is 292 g/mol. The Hall–Kier alpha value is -1.82. The summed E-state index contributed by atoms with van der Waals surface area (Å²) in [5, 5.41) is 12.2. The first-order valence-corrected chi connectivity index (χ1v) is 7.57. The Balaban J connectivity index is 2.18. The molecule has 0 radical (unpaired) electrons. The van der Waals surface area contributed by atoms with Gasteiger partial charge in [0.2, 0.25) is 0 Å². The van der Waals surface area contributed by atoms with Gasteiger partial charge in [-0.15, -0.1) is 11.3 Å². The number of carbonyl (C=O) groups excluding carboxylic acids is 1. The lowest BCUT2D eigenvalue weighted by Gasteiger charge is -2.19. The maximum atomic E-state index is 11.6. The Labute approximate surface area is 123 Å². The molecule has 0 fully saturated rings. The molecular weight excluding hydrogens is 272 g/mol. The van der Waals surface area contributed by atoms with Crippen molar-refractivity contribution in [2.24, 2.45) is 0 Å². The molecule has 1 unspecified atom stereocenters. The van der Waals surface area contributed by atoms with Crippen LogP contribution in [0.15, 0.2) is 23.6 Å². The van der Waals surface area contributed by atoms with Gasteiger partial charge >= 0.3 is 6.03 Å². The number of aryl methyl sites for hydroxylation is 2. The number of carbonyl (C=O) groups is 1. The number of urea groups is 1.